The molecule has 0 aromatic rings. The lowest BCUT2D eigenvalue weighted by atomic mass is 10.1. The molecule has 0 aromatic heterocycles. The summed E-state index contributed by atoms with van der Waals surface area (Å²) in [5.41, 5.74) is 5.24. The Labute approximate surface area is 102 Å². The third kappa shape index (κ3) is 5.14. The fourth-order valence-electron chi connectivity index (χ4n) is 1.68. The van der Waals surface area contributed by atoms with Gasteiger partial charge in [0.1, 0.15) is 0 Å². The van der Waals surface area contributed by atoms with Crippen molar-refractivity contribution in [2.75, 3.05) is 26.2 Å². The maximum Gasteiger partial charge on any atom is 0.312 e. The van der Waals surface area contributed by atoms with E-state index in [0.29, 0.717) is 6.54 Å². The number of amides is 2. The molecule has 6 heteroatoms. The number of nitrogens with two attached hydrogens (primary N) is 1. The van der Waals surface area contributed by atoms with Crippen LogP contribution in [0, 0.1) is 0 Å². The lowest BCUT2D eigenvalue weighted by Crippen LogP contribution is -2.49. The molecule has 0 bridgehead atoms. The largest absolute Gasteiger partial charge is 0.395 e. The van der Waals surface area contributed by atoms with E-state index in [1.165, 1.54) is 4.90 Å². The molecule has 17 heavy (non-hydrogen) atoms. The van der Waals surface area contributed by atoms with Gasteiger partial charge in [-0.15, -0.1) is 0 Å². The van der Waals surface area contributed by atoms with Crippen LogP contribution in [0.25, 0.3) is 0 Å². The van der Waals surface area contributed by atoms with Crippen LogP contribution < -0.4 is 11.1 Å². The summed E-state index contributed by atoms with van der Waals surface area (Å²) in [5, 5.41) is 11.4. The summed E-state index contributed by atoms with van der Waals surface area (Å²) in [6, 6.07) is -0.0155. The van der Waals surface area contributed by atoms with Gasteiger partial charge in [-0.05, 0) is 12.8 Å². The van der Waals surface area contributed by atoms with Gasteiger partial charge in [0.15, 0.2) is 0 Å². The van der Waals surface area contributed by atoms with Crippen LogP contribution in [0.1, 0.15) is 26.7 Å². The SMILES string of the molecule is CCC(CC)N(CCO)C(=O)C(=O)NCCN. The van der Waals surface area contributed by atoms with Crippen molar-refractivity contribution in [3.63, 3.8) is 0 Å². The molecule has 0 rings (SSSR count). The Balaban J connectivity index is 4.57. The molecule has 0 saturated carbocycles. The predicted molar refractivity (Wildman–Crippen MR) is 65.2 cm³/mol. The number of aliphatic hydroxyl groups is 1. The molecule has 0 aliphatic rings. The number of aliphatic hydroxyl groups excluding tert-OH is 1. The zero-order valence-electron chi connectivity index (χ0n) is 10.6. The van der Waals surface area contributed by atoms with Gasteiger partial charge in [-0.25, -0.2) is 0 Å². The highest BCUT2D eigenvalue weighted by Crippen LogP contribution is 2.08. The van der Waals surface area contributed by atoms with E-state index in [2.05, 4.69) is 5.32 Å². The third-order valence-corrected chi connectivity index (χ3v) is 2.61. The number of nitrogens with zero attached hydrogens (tertiary/aromatic N) is 1. The van der Waals surface area contributed by atoms with Crippen molar-refractivity contribution >= 4 is 11.8 Å². The molecular weight excluding hydrogens is 222 g/mol. The summed E-state index contributed by atoms with van der Waals surface area (Å²) >= 11 is 0. The van der Waals surface area contributed by atoms with E-state index >= 15 is 0 Å². The summed E-state index contributed by atoms with van der Waals surface area (Å²) in [6.45, 7) is 4.51. The van der Waals surface area contributed by atoms with Crippen molar-refractivity contribution in [2.45, 2.75) is 32.7 Å². The van der Waals surface area contributed by atoms with E-state index in [-0.39, 0.29) is 25.7 Å². The predicted octanol–water partition coefficient (Wildman–Crippen LogP) is -0.929. The van der Waals surface area contributed by atoms with Crippen LogP contribution in [0.3, 0.4) is 0 Å². The fourth-order valence-corrected chi connectivity index (χ4v) is 1.68. The van der Waals surface area contributed by atoms with Gasteiger partial charge in [0.25, 0.3) is 0 Å². The molecule has 4 N–H and O–H groups in total. The second-order valence-corrected chi connectivity index (χ2v) is 3.74. The highest BCUT2D eigenvalue weighted by molar-refractivity contribution is 6.35. The molecule has 0 radical (unpaired) electrons. The molecule has 0 aliphatic heterocycles. The Bertz CT molecular complexity index is 242. The van der Waals surface area contributed by atoms with Crippen LogP contribution in [-0.2, 0) is 9.59 Å². The summed E-state index contributed by atoms with van der Waals surface area (Å²) in [4.78, 5) is 24.8. The molecular formula is C11H23N3O3. The van der Waals surface area contributed by atoms with Crippen LogP contribution in [0.15, 0.2) is 0 Å². The van der Waals surface area contributed by atoms with Crippen molar-refractivity contribution in [3.8, 4) is 0 Å². The first kappa shape index (κ1) is 15.9. The minimum atomic E-state index is -0.657. The first-order valence-corrected chi connectivity index (χ1v) is 6.02. The van der Waals surface area contributed by atoms with Crippen LogP contribution in [0.4, 0.5) is 0 Å². The molecule has 2 amide bonds. The molecule has 0 aliphatic carbocycles. The van der Waals surface area contributed by atoms with E-state index in [1.54, 1.807) is 0 Å². The average molecular weight is 245 g/mol. The van der Waals surface area contributed by atoms with Crippen molar-refractivity contribution in [1.82, 2.24) is 10.2 Å². The van der Waals surface area contributed by atoms with Gasteiger partial charge in [0, 0.05) is 25.7 Å². The van der Waals surface area contributed by atoms with Gasteiger partial charge < -0.3 is 21.1 Å². The van der Waals surface area contributed by atoms with Gasteiger partial charge in [-0.2, -0.15) is 0 Å². The van der Waals surface area contributed by atoms with E-state index in [1.807, 2.05) is 13.8 Å². The van der Waals surface area contributed by atoms with Crippen LogP contribution >= 0.6 is 0 Å². The second-order valence-electron chi connectivity index (χ2n) is 3.74. The molecule has 6 nitrogen and oxygen atoms in total. The van der Waals surface area contributed by atoms with Gasteiger partial charge in [0.2, 0.25) is 0 Å². The Hall–Kier alpha value is -1.14. The maximum absolute atomic E-state index is 11.9. The molecule has 100 valence electrons. The first-order chi connectivity index (χ1) is 8.12. The van der Waals surface area contributed by atoms with Gasteiger partial charge in [0.05, 0.1) is 6.61 Å². The molecule has 0 aromatic carbocycles. The lowest BCUT2D eigenvalue weighted by Gasteiger charge is -2.29. The Morgan fingerprint density at radius 1 is 1.35 bits per heavy atom. The van der Waals surface area contributed by atoms with Crippen molar-refractivity contribution in [1.29, 1.82) is 0 Å². The minimum absolute atomic E-state index is 0.0155. The van der Waals surface area contributed by atoms with Crippen molar-refractivity contribution in [2.24, 2.45) is 5.73 Å². The maximum atomic E-state index is 11.9. The standard InChI is InChI=1S/C11H23N3O3/c1-3-9(4-2)14(7-8-15)11(17)10(16)13-6-5-12/h9,15H,3-8,12H2,1-2H3,(H,13,16). The van der Waals surface area contributed by atoms with Gasteiger partial charge in [-0.1, -0.05) is 13.8 Å². The topological polar surface area (TPSA) is 95.7 Å². The number of carbonyl (C=O) groups excluding carboxylic acids is 2. The van der Waals surface area contributed by atoms with Crippen LogP contribution in [0.5, 0.6) is 0 Å². The van der Waals surface area contributed by atoms with E-state index < -0.39 is 11.8 Å². The molecule has 0 fully saturated rings. The zero-order valence-corrected chi connectivity index (χ0v) is 10.6. The summed E-state index contributed by atoms with van der Waals surface area (Å²) in [7, 11) is 0. The van der Waals surface area contributed by atoms with E-state index in [9.17, 15) is 9.59 Å². The van der Waals surface area contributed by atoms with E-state index in [4.69, 9.17) is 10.8 Å². The molecule has 0 saturated heterocycles. The molecule has 0 atom stereocenters. The average Bonchev–Trinajstić information content (AvgIpc) is 2.35. The monoisotopic (exact) mass is 245 g/mol. The number of nitrogens with one attached hydrogen (secondary N) is 1. The first-order valence-electron chi connectivity index (χ1n) is 6.02. The minimum Gasteiger partial charge on any atom is -0.395 e. The van der Waals surface area contributed by atoms with Crippen molar-refractivity contribution < 1.29 is 14.7 Å². The number of carbonyl (C=O) groups is 2. The smallest absolute Gasteiger partial charge is 0.312 e. The van der Waals surface area contributed by atoms with E-state index in [0.717, 1.165) is 12.8 Å². The zero-order chi connectivity index (χ0) is 13.3. The Morgan fingerprint density at radius 2 is 1.94 bits per heavy atom. The Morgan fingerprint density at radius 3 is 2.35 bits per heavy atom. The van der Waals surface area contributed by atoms with Crippen LogP contribution in [0.2, 0.25) is 0 Å². The number of rotatable bonds is 7. The quantitative estimate of drug-likeness (QED) is 0.505. The summed E-state index contributed by atoms with van der Waals surface area (Å²) in [6.07, 6.45) is 1.51. The molecule has 0 unspecified atom stereocenters. The van der Waals surface area contributed by atoms with Gasteiger partial charge in [-0.3, -0.25) is 9.59 Å². The Kier molecular flexibility index (Phi) is 8.35. The second kappa shape index (κ2) is 8.95. The van der Waals surface area contributed by atoms with Gasteiger partial charge >= 0.3 is 11.8 Å². The normalized spacial score (nSPS) is 10.4. The fraction of sp³-hybridized carbons (Fsp3) is 0.818. The highest BCUT2D eigenvalue weighted by atomic mass is 16.3. The molecule has 0 heterocycles. The number of hydrogen-bond donors (Lipinski definition) is 3. The molecule has 0 spiro atoms. The third-order valence-electron chi connectivity index (χ3n) is 2.61. The van der Waals surface area contributed by atoms with Crippen molar-refractivity contribution in [3.05, 3.63) is 0 Å². The lowest BCUT2D eigenvalue weighted by molar-refractivity contribution is -0.147. The highest BCUT2D eigenvalue weighted by Gasteiger charge is 2.25. The van der Waals surface area contributed by atoms with Crippen LogP contribution in [-0.4, -0.2) is 54.1 Å². The number of hydrogen-bond acceptors (Lipinski definition) is 4. The summed E-state index contributed by atoms with van der Waals surface area (Å²) < 4.78 is 0. The summed E-state index contributed by atoms with van der Waals surface area (Å²) in [5.74, 6) is -1.25.